The average Bonchev–Trinajstić information content (AvgIpc) is 3.16. The van der Waals surface area contributed by atoms with Crippen molar-refractivity contribution in [1.29, 1.82) is 0 Å². The second-order valence-corrected chi connectivity index (χ2v) is 4.54. The molecule has 3 N–H and O–H groups in total. The van der Waals surface area contributed by atoms with E-state index in [9.17, 15) is 9.18 Å². The number of hydrogen-bond donors (Lipinski definition) is 2. The van der Waals surface area contributed by atoms with Crippen LogP contribution in [0, 0.1) is 5.82 Å². The van der Waals surface area contributed by atoms with Crippen LogP contribution in [0.25, 0.3) is 0 Å². The number of benzene rings is 1. The molecule has 1 aliphatic rings. The molecule has 1 aromatic carbocycles. The quantitative estimate of drug-likeness (QED) is 0.829. The Kier molecular flexibility index (Phi) is 2.70. The number of anilines is 1. The largest absolute Gasteiger partial charge is 0.436 e. The van der Waals surface area contributed by atoms with E-state index in [-0.39, 0.29) is 23.1 Å². The molecule has 0 radical (unpaired) electrons. The van der Waals surface area contributed by atoms with Gasteiger partial charge in [-0.3, -0.25) is 4.79 Å². The van der Waals surface area contributed by atoms with E-state index in [1.165, 1.54) is 18.2 Å². The minimum Gasteiger partial charge on any atom is -0.436 e. The predicted octanol–water partition coefficient (Wildman–Crippen LogP) is 2.16. The standard InChI is InChI=1S/C13H12FN3O2/c14-9-5-8(15)3-4-10(9)19-12-6-11(18)16-13(17-12)7-1-2-7/h3-7H,1-2,15H2,(H,16,17,18). The monoisotopic (exact) mass is 261 g/mol. The van der Waals surface area contributed by atoms with Gasteiger partial charge in [0.15, 0.2) is 11.6 Å². The Labute approximate surface area is 108 Å². The maximum atomic E-state index is 13.6. The molecule has 0 unspecified atom stereocenters. The van der Waals surface area contributed by atoms with Crippen LogP contribution in [0.4, 0.5) is 10.1 Å². The fraction of sp³-hybridized carbons (Fsp3) is 0.231. The first-order chi connectivity index (χ1) is 9.11. The second kappa shape index (κ2) is 4.38. The number of rotatable bonds is 3. The van der Waals surface area contributed by atoms with E-state index in [4.69, 9.17) is 10.5 Å². The molecule has 6 heteroatoms. The highest BCUT2D eigenvalue weighted by Crippen LogP contribution is 2.38. The average molecular weight is 261 g/mol. The summed E-state index contributed by atoms with van der Waals surface area (Å²) in [6, 6.07) is 5.28. The van der Waals surface area contributed by atoms with Crippen molar-refractivity contribution >= 4 is 5.69 Å². The number of halogens is 1. The number of nitrogens with two attached hydrogens (primary N) is 1. The molecule has 1 saturated carbocycles. The van der Waals surface area contributed by atoms with Crippen LogP contribution < -0.4 is 16.0 Å². The van der Waals surface area contributed by atoms with Gasteiger partial charge in [0, 0.05) is 17.7 Å². The third-order valence-electron chi connectivity index (χ3n) is 2.87. The SMILES string of the molecule is Nc1ccc(Oc2cc(=O)[nH]c(C3CC3)n2)c(F)c1. The molecule has 5 nitrogen and oxygen atoms in total. The van der Waals surface area contributed by atoms with Gasteiger partial charge in [-0.15, -0.1) is 0 Å². The van der Waals surface area contributed by atoms with Gasteiger partial charge in [-0.05, 0) is 25.0 Å². The van der Waals surface area contributed by atoms with Crippen LogP contribution in [-0.4, -0.2) is 9.97 Å². The summed E-state index contributed by atoms with van der Waals surface area (Å²) in [6.45, 7) is 0. The van der Waals surface area contributed by atoms with Crippen molar-refractivity contribution in [3.8, 4) is 11.6 Å². The van der Waals surface area contributed by atoms with Crippen molar-refractivity contribution in [3.05, 3.63) is 46.3 Å². The van der Waals surface area contributed by atoms with E-state index in [1.54, 1.807) is 0 Å². The van der Waals surface area contributed by atoms with Crippen LogP contribution in [0.3, 0.4) is 0 Å². The van der Waals surface area contributed by atoms with Crippen LogP contribution in [0.15, 0.2) is 29.1 Å². The minimum absolute atomic E-state index is 0.00551. The number of nitrogen functional groups attached to an aromatic ring is 1. The summed E-state index contributed by atoms with van der Waals surface area (Å²) in [5, 5.41) is 0. The number of hydrogen-bond acceptors (Lipinski definition) is 4. The van der Waals surface area contributed by atoms with Gasteiger partial charge >= 0.3 is 0 Å². The molecule has 19 heavy (non-hydrogen) atoms. The van der Waals surface area contributed by atoms with Gasteiger partial charge in [-0.2, -0.15) is 4.98 Å². The molecule has 0 spiro atoms. The topological polar surface area (TPSA) is 81.0 Å². The third kappa shape index (κ3) is 2.57. The lowest BCUT2D eigenvalue weighted by atomic mass is 10.3. The van der Waals surface area contributed by atoms with E-state index in [1.807, 2.05) is 0 Å². The fourth-order valence-electron chi connectivity index (χ4n) is 1.77. The fourth-order valence-corrected chi connectivity index (χ4v) is 1.77. The highest BCUT2D eigenvalue weighted by molar-refractivity contribution is 5.43. The van der Waals surface area contributed by atoms with E-state index in [0.717, 1.165) is 18.9 Å². The van der Waals surface area contributed by atoms with Gasteiger partial charge in [0.2, 0.25) is 5.88 Å². The maximum Gasteiger partial charge on any atom is 0.254 e. The molecule has 2 aromatic rings. The maximum absolute atomic E-state index is 13.6. The number of ether oxygens (including phenoxy) is 1. The zero-order valence-corrected chi connectivity index (χ0v) is 10.0. The van der Waals surface area contributed by atoms with Crippen LogP contribution in [0.2, 0.25) is 0 Å². The highest BCUT2D eigenvalue weighted by atomic mass is 19.1. The van der Waals surface area contributed by atoms with Crippen molar-refractivity contribution < 1.29 is 9.13 Å². The summed E-state index contributed by atoms with van der Waals surface area (Å²) in [5.74, 6) is 0.379. The predicted molar refractivity (Wildman–Crippen MR) is 67.7 cm³/mol. The highest BCUT2D eigenvalue weighted by Gasteiger charge is 2.26. The van der Waals surface area contributed by atoms with Gasteiger partial charge in [0.25, 0.3) is 5.56 Å². The molecule has 0 aliphatic heterocycles. The summed E-state index contributed by atoms with van der Waals surface area (Å²) in [6.07, 6.45) is 2.01. The summed E-state index contributed by atoms with van der Waals surface area (Å²) < 4.78 is 18.9. The number of aromatic amines is 1. The van der Waals surface area contributed by atoms with Crippen molar-refractivity contribution in [3.63, 3.8) is 0 Å². The number of H-pyrrole nitrogens is 1. The zero-order chi connectivity index (χ0) is 13.4. The summed E-state index contributed by atoms with van der Waals surface area (Å²) in [4.78, 5) is 18.3. The Balaban J connectivity index is 1.92. The number of nitrogens with zero attached hydrogens (tertiary/aromatic N) is 1. The number of nitrogens with one attached hydrogen (secondary N) is 1. The molecule has 1 aliphatic carbocycles. The first-order valence-electron chi connectivity index (χ1n) is 5.96. The molecular formula is C13H12FN3O2. The molecule has 1 heterocycles. The molecule has 0 amide bonds. The van der Waals surface area contributed by atoms with Gasteiger partial charge in [0.1, 0.15) is 5.82 Å². The van der Waals surface area contributed by atoms with Crippen LogP contribution in [0.5, 0.6) is 11.6 Å². The minimum atomic E-state index is -0.588. The molecule has 1 fully saturated rings. The summed E-state index contributed by atoms with van der Waals surface area (Å²) >= 11 is 0. The van der Waals surface area contributed by atoms with E-state index in [2.05, 4.69) is 9.97 Å². The van der Waals surface area contributed by atoms with Gasteiger partial charge in [-0.1, -0.05) is 0 Å². The van der Waals surface area contributed by atoms with Crippen molar-refractivity contribution in [2.75, 3.05) is 5.73 Å². The molecule has 1 aromatic heterocycles. The van der Waals surface area contributed by atoms with Crippen molar-refractivity contribution in [1.82, 2.24) is 9.97 Å². The zero-order valence-electron chi connectivity index (χ0n) is 10.0. The summed E-state index contributed by atoms with van der Waals surface area (Å²) in [7, 11) is 0. The Morgan fingerprint density at radius 1 is 1.37 bits per heavy atom. The van der Waals surface area contributed by atoms with Crippen LogP contribution in [-0.2, 0) is 0 Å². The Morgan fingerprint density at radius 3 is 2.84 bits per heavy atom. The van der Waals surface area contributed by atoms with Crippen molar-refractivity contribution in [2.24, 2.45) is 0 Å². The molecule has 98 valence electrons. The molecule has 0 atom stereocenters. The molecule has 3 rings (SSSR count). The Bertz CT molecular complexity index is 680. The lowest BCUT2D eigenvalue weighted by molar-refractivity contribution is 0.424. The first kappa shape index (κ1) is 11.7. The van der Waals surface area contributed by atoms with Gasteiger partial charge < -0.3 is 15.5 Å². The van der Waals surface area contributed by atoms with Crippen LogP contribution >= 0.6 is 0 Å². The summed E-state index contributed by atoms with van der Waals surface area (Å²) in [5.41, 5.74) is 5.46. The number of aromatic nitrogens is 2. The first-order valence-corrected chi connectivity index (χ1v) is 5.96. The molecule has 0 saturated heterocycles. The van der Waals surface area contributed by atoms with E-state index < -0.39 is 5.82 Å². The Morgan fingerprint density at radius 2 is 2.16 bits per heavy atom. The van der Waals surface area contributed by atoms with E-state index >= 15 is 0 Å². The second-order valence-electron chi connectivity index (χ2n) is 4.54. The van der Waals surface area contributed by atoms with Gasteiger partial charge in [-0.25, -0.2) is 4.39 Å². The molecular weight excluding hydrogens is 249 g/mol. The van der Waals surface area contributed by atoms with Gasteiger partial charge in [0.05, 0.1) is 6.07 Å². The molecule has 0 bridgehead atoms. The lowest BCUT2D eigenvalue weighted by Crippen LogP contribution is -2.10. The van der Waals surface area contributed by atoms with Crippen LogP contribution in [0.1, 0.15) is 24.6 Å². The van der Waals surface area contributed by atoms with E-state index in [0.29, 0.717) is 11.5 Å². The Hall–Kier alpha value is -2.37. The lowest BCUT2D eigenvalue weighted by Gasteiger charge is -2.07. The third-order valence-corrected chi connectivity index (χ3v) is 2.87. The smallest absolute Gasteiger partial charge is 0.254 e. The van der Waals surface area contributed by atoms with Crippen molar-refractivity contribution in [2.45, 2.75) is 18.8 Å². The normalized spacial score (nSPS) is 14.4.